The predicted molar refractivity (Wildman–Crippen MR) is 97.8 cm³/mol. The number of hydrogen-bond donors (Lipinski definition) is 1. The van der Waals surface area contributed by atoms with Crippen molar-refractivity contribution in [2.45, 2.75) is 33.2 Å². The SMILES string of the molecule is CCOc1cc(C(=O)OCC(=O)N[C@H](C(=O)OC)[C@H](C)CC)ccc1OC. The van der Waals surface area contributed by atoms with Gasteiger partial charge in [0.1, 0.15) is 6.04 Å². The minimum absolute atomic E-state index is 0.118. The number of rotatable bonds is 10. The summed E-state index contributed by atoms with van der Waals surface area (Å²) >= 11 is 0. The molecule has 27 heavy (non-hydrogen) atoms. The Morgan fingerprint density at radius 3 is 2.37 bits per heavy atom. The van der Waals surface area contributed by atoms with Crippen LogP contribution in [0.1, 0.15) is 37.6 Å². The maximum absolute atomic E-state index is 12.2. The van der Waals surface area contributed by atoms with Gasteiger partial charge >= 0.3 is 11.9 Å². The summed E-state index contributed by atoms with van der Waals surface area (Å²) in [7, 11) is 2.75. The number of hydrogen-bond acceptors (Lipinski definition) is 7. The average Bonchev–Trinajstić information content (AvgIpc) is 2.69. The number of benzene rings is 1. The third kappa shape index (κ3) is 6.47. The lowest BCUT2D eigenvalue weighted by molar-refractivity contribution is -0.147. The van der Waals surface area contributed by atoms with E-state index in [2.05, 4.69) is 5.32 Å². The summed E-state index contributed by atoms with van der Waals surface area (Å²) in [5, 5.41) is 2.54. The second kappa shape index (κ2) is 11.1. The zero-order valence-electron chi connectivity index (χ0n) is 16.4. The summed E-state index contributed by atoms with van der Waals surface area (Å²) in [6.45, 7) is 5.41. The monoisotopic (exact) mass is 381 g/mol. The van der Waals surface area contributed by atoms with E-state index in [1.165, 1.54) is 26.4 Å². The van der Waals surface area contributed by atoms with Crippen LogP contribution in [-0.2, 0) is 19.1 Å². The van der Waals surface area contributed by atoms with Crippen LogP contribution in [0, 0.1) is 5.92 Å². The Kier molecular flexibility index (Phi) is 9.12. The van der Waals surface area contributed by atoms with Gasteiger partial charge in [-0.05, 0) is 31.0 Å². The summed E-state index contributed by atoms with van der Waals surface area (Å²) in [5.41, 5.74) is 0.221. The molecule has 0 aliphatic carbocycles. The molecule has 150 valence electrons. The Morgan fingerprint density at radius 2 is 1.81 bits per heavy atom. The van der Waals surface area contributed by atoms with Crippen molar-refractivity contribution in [1.29, 1.82) is 0 Å². The first-order valence-corrected chi connectivity index (χ1v) is 8.72. The van der Waals surface area contributed by atoms with Crippen LogP contribution in [0.5, 0.6) is 11.5 Å². The maximum Gasteiger partial charge on any atom is 0.338 e. The van der Waals surface area contributed by atoms with Crippen LogP contribution in [0.4, 0.5) is 0 Å². The maximum atomic E-state index is 12.2. The van der Waals surface area contributed by atoms with E-state index in [-0.39, 0.29) is 11.5 Å². The van der Waals surface area contributed by atoms with Crippen LogP contribution in [0.3, 0.4) is 0 Å². The molecule has 8 nitrogen and oxygen atoms in total. The molecule has 8 heteroatoms. The fraction of sp³-hybridized carbons (Fsp3) is 0.526. The van der Waals surface area contributed by atoms with E-state index >= 15 is 0 Å². The predicted octanol–water partition coefficient (Wildman–Crippen LogP) is 1.95. The van der Waals surface area contributed by atoms with Crippen LogP contribution in [0.25, 0.3) is 0 Å². The number of amides is 1. The Morgan fingerprint density at radius 1 is 1.11 bits per heavy atom. The molecular formula is C19H27NO7. The van der Waals surface area contributed by atoms with Crippen molar-refractivity contribution >= 4 is 17.8 Å². The lowest BCUT2D eigenvalue weighted by Crippen LogP contribution is -2.47. The molecule has 1 amide bonds. The number of ether oxygens (including phenoxy) is 4. The van der Waals surface area contributed by atoms with Gasteiger partial charge in [0.2, 0.25) is 0 Å². The molecule has 1 aromatic carbocycles. The molecule has 0 aliphatic rings. The molecule has 1 rings (SSSR count). The van der Waals surface area contributed by atoms with Gasteiger partial charge in [0.25, 0.3) is 5.91 Å². The normalized spacial score (nSPS) is 12.5. The number of carbonyl (C=O) groups excluding carboxylic acids is 3. The van der Waals surface area contributed by atoms with Crippen LogP contribution in [0.15, 0.2) is 18.2 Å². The third-order valence-electron chi connectivity index (χ3n) is 4.02. The highest BCUT2D eigenvalue weighted by Crippen LogP contribution is 2.28. The summed E-state index contributed by atoms with van der Waals surface area (Å²) < 4.78 is 20.3. The van der Waals surface area contributed by atoms with Gasteiger partial charge in [0.05, 0.1) is 26.4 Å². The van der Waals surface area contributed by atoms with Gasteiger partial charge in [-0.3, -0.25) is 4.79 Å². The number of methoxy groups -OCH3 is 2. The molecule has 2 atom stereocenters. The second-order valence-corrected chi connectivity index (χ2v) is 5.83. The molecule has 0 fully saturated rings. The molecule has 0 heterocycles. The highest BCUT2D eigenvalue weighted by Gasteiger charge is 2.27. The largest absolute Gasteiger partial charge is 0.493 e. The number of nitrogens with one attached hydrogen (secondary N) is 1. The Bertz CT molecular complexity index is 659. The van der Waals surface area contributed by atoms with Crippen molar-refractivity contribution in [2.24, 2.45) is 5.92 Å². The fourth-order valence-corrected chi connectivity index (χ4v) is 2.30. The Labute approximate surface area is 159 Å². The first kappa shape index (κ1) is 22.3. The zero-order chi connectivity index (χ0) is 20.4. The highest BCUT2D eigenvalue weighted by atomic mass is 16.5. The van der Waals surface area contributed by atoms with Crippen molar-refractivity contribution in [3.05, 3.63) is 23.8 Å². The fourth-order valence-electron chi connectivity index (χ4n) is 2.30. The van der Waals surface area contributed by atoms with E-state index in [9.17, 15) is 14.4 Å². The smallest absolute Gasteiger partial charge is 0.338 e. The second-order valence-electron chi connectivity index (χ2n) is 5.83. The Balaban J connectivity index is 2.71. The van der Waals surface area contributed by atoms with Crippen LogP contribution >= 0.6 is 0 Å². The molecule has 0 aliphatic heterocycles. The number of carbonyl (C=O) groups is 3. The summed E-state index contributed by atoms with van der Waals surface area (Å²) in [6, 6.07) is 3.78. The number of esters is 2. The summed E-state index contributed by atoms with van der Waals surface area (Å²) in [6.07, 6.45) is 0.673. The molecule has 1 N–H and O–H groups in total. The van der Waals surface area contributed by atoms with Crippen molar-refractivity contribution in [2.75, 3.05) is 27.4 Å². The summed E-state index contributed by atoms with van der Waals surface area (Å²) in [4.78, 5) is 36.0. The minimum atomic E-state index is -0.795. The van der Waals surface area contributed by atoms with E-state index in [4.69, 9.17) is 18.9 Å². The van der Waals surface area contributed by atoms with Gasteiger partial charge in [-0.25, -0.2) is 9.59 Å². The van der Waals surface area contributed by atoms with E-state index in [0.717, 1.165) is 0 Å². The highest BCUT2D eigenvalue weighted by molar-refractivity contribution is 5.92. The standard InChI is InChI=1S/C19H27NO7/c1-6-12(3)17(19(23)25-5)20-16(21)11-27-18(22)13-8-9-14(24-4)15(10-13)26-7-2/h8-10,12,17H,6-7,11H2,1-5H3,(H,20,21)/t12-,17+/m1/s1. The van der Waals surface area contributed by atoms with Crippen LogP contribution in [0.2, 0.25) is 0 Å². The molecule has 0 unspecified atom stereocenters. The van der Waals surface area contributed by atoms with E-state index in [1.807, 2.05) is 20.8 Å². The molecule has 0 bridgehead atoms. The lowest BCUT2D eigenvalue weighted by atomic mass is 9.99. The molecular weight excluding hydrogens is 354 g/mol. The van der Waals surface area contributed by atoms with Crippen LogP contribution in [-0.4, -0.2) is 51.3 Å². The van der Waals surface area contributed by atoms with E-state index in [1.54, 1.807) is 6.07 Å². The van der Waals surface area contributed by atoms with Crippen molar-refractivity contribution in [3.63, 3.8) is 0 Å². The van der Waals surface area contributed by atoms with Crippen molar-refractivity contribution in [1.82, 2.24) is 5.32 Å². The zero-order valence-corrected chi connectivity index (χ0v) is 16.4. The van der Waals surface area contributed by atoms with Gasteiger partial charge in [0.15, 0.2) is 18.1 Å². The first-order valence-electron chi connectivity index (χ1n) is 8.72. The van der Waals surface area contributed by atoms with Crippen molar-refractivity contribution < 1.29 is 33.3 Å². The van der Waals surface area contributed by atoms with Crippen LogP contribution < -0.4 is 14.8 Å². The topological polar surface area (TPSA) is 100 Å². The molecule has 0 radical (unpaired) electrons. The quantitative estimate of drug-likeness (QED) is 0.618. The molecule has 1 aromatic rings. The third-order valence-corrected chi connectivity index (χ3v) is 4.02. The van der Waals surface area contributed by atoms with Gasteiger partial charge in [0, 0.05) is 0 Å². The molecule has 0 aromatic heterocycles. The van der Waals surface area contributed by atoms with Gasteiger partial charge in [-0.15, -0.1) is 0 Å². The Hall–Kier alpha value is -2.77. The minimum Gasteiger partial charge on any atom is -0.493 e. The van der Waals surface area contributed by atoms with Gasteiger partial charge in [-0.2, -0.15) is 0 Å². The summed E-state index contributed by atoms with van der Waals surface area (Å²) in [5.74, 6) is -1.04. The molecule has 0 saturated heterocycles. The molecule has 0 saturated carbocycles. The van der Waals surface area contributed by atoms with E-state index < -0.39 is 30.5 Å². The lowest BCUT2D eigenvalue weighted by Gasteiger charge is -2.21. The molecule has 0 spiro atoms. The van der Waals surface area contributed by atoms with Gasteiger partial charge < -0.3 is 24.3 Å². The van der Waals surface area contributed by atoms with E-state index in [0.29, 0.717) is 24.5 Å². The average molecular weight is 381 g/mol. The first-order chi connectivity index (χ1) is 12.9. The van der Waals surface area contributed by atoms with Crippen molar-refractivity contribution in [3.8, 4) is 11.5 Å². The van der Waals surface area contributed by atoms with Gasteiger partial charge in [-0.1, -0.05) is 20.3 Å².